The van der Waals surface area contributed by atoms with Crippen molar-refractivity contribution in [2.75, 3.05) is 13.1 Å². The van der Waals surface area contributed by atoms with Crippen LogP contribution in [0.2, 0.25) is 0 Å². The van der Waals surface area contributed by atoms with E-state index in [0.717, 1.165) is 38.3 Å². The predicted molar refractivity (Wildman–Crippen MR) is 79.9 cm³/mol. The standard InChI is InChI=1S/C15H24N6O/c1-11(22)20-9-3-5-14(20)13-4-2-8-19(13)10-15-16-17-18-21(15)12-6-7-12/h12-14H,2-10H2,1H3/t13-,14+/m0/s1. The van der Waals surface area contributed by atoms with Crippen molar-refractivity contribution in [3.05, 3.63) is 5.82 Å². The summed E-state index contributed by atoms with van der Waals surface area (Å²) in [6, 6.07) is 1.37. The van der Waals surface area contributed by atoms with Gasteiger partial charge in [-0.15, -0.1) is 5.10 Å². The van der Waals surface area contributed by atoms with E-state index in [0.29, 0.717) is 18.1 Å². The van der Waals surface area contributed by atoms with Crippen molar-refractivity contribution in [3.8, 4) is 0 Å². The molecule has 7 nitrogen and oxygen atoms in total. The Hall–Kier alpha value is -1.50. The summed E-state index contributed by atoms with van der Waals surface area (Å²) < 4.78 is 2.01. The molecule has 0 unspecified atom stereocenters. The van der Waals surface area contributed by atoms with Crippen molar-refractivity contribution in [1.82, 2.24) is 30.0 Å². The molecule has 1 saturated carbocycles. The first-order valence-corrected chi connectivity index (χ1v) is 8.52. The number of carbonyl (C=O) groups excluding carboxylic acids is 1. The zero-order valence-electron chi connectivity index (χ0n) is 13.2. The van der Waals surface area contributed by atoms with Gasteiger partial charge in [-0.25, -0.2) is 4.68 Å². The Morgan fingerprint density at radius 1 is 1.14 bits per heavy atom. The number of amides is 1. The molecule has 120 valence electrons. The summed E-state index contributed by atoms with van der Waals surface area (Å²) in [6.45, 7) is 4.52. The zero-order chi connectivity index (χ0) is 15.1. The Labute approximate surface area is 130 Å². The molecule has 3 fully saturated rings. The molecular formula is C15H24N6O. The highest BCUT2D eigenvalue weighted by Crippen LogP contribution is 2.35. The van der Waals surface area contributed by atoms with Crippen molar-refractivity contribution in [1.29, 1.82) is 0 Å². The number of hydrogen-bond donors (Lipinski definition) is 0. The molecule has 2 aliphatic heterocycles. The van der Waals surface area contributed by atoms with Gasteiger partial charge >= 0.3 is 0 Å². The number of hydrogen-bond acceptors (Lipinski definition) is 5. The van der Waals surface area contributed by atoms with Crippen LogP contribution in [-0.2, 0) is 11.3 Å². The van der Waals surface area contributed by atoms with Gasteiger partial charge in [-0.05, 0) is 55.5 Å². The minimum atomic E-state index is 0.220. The van der Waals surface area contributed by atoms with Crippen molar-refractivity contribution in [2.45, 2.75) is 70.1 Å². The molecule has 1 amide bonds. The SMILES string of the molecule is CC(=O)N1CCC[C@@H]1[C@@H]1CCCN1Cc1nnnn1C1CC1. The molecule has 1 aliphatic carbocycles. The lowest BCUT2D eigenvalue weighted by atomic mass is 10.0. The Morgan fingerprint density at radius 2 is 1.91 bits per heavy atom. The second-order valence-electron chi connectivity index (χ2n) is 6.87. The summed E-state index contributed by atoms with van der Waals surface area (Å²) in [6.07, 6.45) is 7.05. The van der Waals surface area contributed by atoms with Gasteiger partial charge in [0, 0.05) is 25.6 Å². The topological polar surface area (TPSA) is 67.2 Å². The maximum absolute atomic E-state index is 11.9. The van der Waals surface area contributed by atoms with Crippen molar-refractivity contribution in [2.24, 2.45) is 0 Å². The van der Waals surface area contributed by atoms with Gasteiger partial charge in [-0.1, -0.05) is 0 Å². The highest BCUT2D eigenvalue weighted by atomic mass is 16.2. The normalized spacial score (nSPS) is 29.4. The highest BCUT2D eigenvalue weighted by Gasteiger charge is 2.39. The number of rotatable bonds is 4. The van der Waals surface area contributed by atoms with E-state index in [1.54, 1.807) is 6.92 Å². The van der Waals surface area contributed by atoms with Crippen LogP contribution in [0.4, 0.5) is 0 Å². The van der Waals surface area contributed by atoms with E-state index in [1.807, 2.05) is 4.68 Å². The Bertz CT molecular complexity index is 554. The lowest BCUT2D eigenvalue weighted by Crippen LogP contribution is -2.47. The van der Waals surface area contributed by atoms with E-state index in [9.17, 15) is 4.79 Å². The van der Waals surface area contributed by atoms with Crippen LogP contribution in [0.5, 0.6) is 0 Å². The van der Waals surface area contributed by atoms with Gasteiger partial charge in [-0.3, -0.25) is 9.69 Å². The van der Waals surface area contributed by atoms with Gasteiger partial charge in [0.2, 0.25) is 5.91 Å². The lowest BCUT2D eigenvalue weighted by molar-refractivity contribution is -0.130. The van der Waals surface area contributed by atoms with Crippen LogP contribution >= 0.6 is 0 Å². The van der Waals surface area contributed by atoms with Crippen LogP contribution in [0.1, 0.15) is 57.3 Å². The third-order valence-corrected chi connectivity index (χ3v) is 5.36. The summed E-state index contributed by atoms with van der Waals surface area (Å²) in [5.74, 6) is 1.21. The molecule has 0 aromatic carbocycles. The van der Waals surface area contributed by atoms with Crippen LogP contribution in [0.25, 0.3) is 0 Å². The average molecular weight is 304 g/mol. The first-order valence-electron chi connectivity index (χ1n) is 8.52. The average Bonchev–Trinajstić information content (AvgIpc) is 2.95. The van der Waals surface area contributed by atoms with Gasteiger partial charge in [0.15, 0.2) is 5.82 Å². The lowest BCUT2D eigenvalue weighted by Gasteiger charge is -2.34. The van der Waals surface area contributed by atoms with E-state index in [-0.39, 0.29) is 5.91 Å². The van der Waals surface area contributed by atoms with E-state index < -0.39 is 0 Å². The third kappa shape index (κ3) is 2.51. The molecule has 0 radical (unpaired) electrons. The second kappa shape index (κ2) is 5.61. The molecule has 0 spiro atoms. The third-order valence-electron chi connectivity index (χ3n) is 5.36. The first-order chi connectivity index (χ1) is 10.7. The van der Waals surface area contributed by atoms with Crippen LogP contribution in [-0.4, -0.2) is 61.1 Å². The summed E-state index contributed by atoms with van der Waals surface area (Å²) in [5.41, 5.74) is 0. The Kier molecular flexibility index (Phi) is 3.60. The summed E-state index contributed by atoms with van der Waals surface area (Å²) in [4.78, 5) is 16.4. The van der Waals surface area contributed by atoms with Crippen LogP contribution < -0.4 is 0 Å². The molecule has 3 aliphatic rings. The summed E-state index contributed by atoms with van der Waals surface area (Å²) in [5, 5.41) is 12.2. The Morgan fingerprint density at radius 3 is 2.68 bits per heavy atom. The van der Waals surface area contributed by atoms with Gasteiger partial charge < -0.3 is 4.90 Å². The van der Waals surface area contributed by atoms with Gasteiger partial charge in [-0.2, -0.15) is 0 Å². The number of carbonyl (C=O) groups is 1. The van der Waals surface area contributed by atoms with E-state index in [1.165, 1.54) is 25.7 Å². The first kappa shape index (κ1) is 14.1. The highest BCUT2D eigenvalue weighted by molar-refractivity contribution is 5.74. The van der Waals surface area contributed by atoms with Crippen LogP contribution in [0.15, 0.2) is 0 Å². The molecular weight excluding hydrogens is 280 g/mol. The molecule has 1 aromatic heterocycles. The monoisotopic (exact) mass is 304 g/mol. The molecule has 3 heterocycles. The van der Waals surface area contributed by atoms with Crippen LogP contribution in [0, 0.1) is 0 Å². The number of aromatic nitrogens is 4. The quantitative estimate of drug-likeness (QED) is 0.829. The number of likely N-dealkylation sites (tertiary alicyclic amines) is 2. The fourth-order valence-corrected chi connectivity index (χ4v) is 4.17. The fourth-order valence-electron chi connectivity index (χ4n) is 4.17. The number of tetrazole rings is 1. The van der Waals surface area contributed by atoms with E-state index in [4.69, 9.17) is 0 Å². The minimum Gasteiger partial charge on any atom is -0.338 e. The number of nitrogens with zero attached hydrogens (tertiary/aromatic N) is 6. The second-order valence-corrected chi connectivity index (χ2v) is 6.87. The van der Waals surface area contributed by atoms with Gasteiger partial charge in [0.25, 0.3) is 0 Å². The van der Waals surface area contributed by atoms with Gasteiger partial charge in [0.1, 0.15) is 0 Å². The predicted octanol–water partition coefficient (Wildman–Crippen LogP) is 0.983. The fraction of sp³-hybridized carbons (Fsp3) is 0.867. The molecule has 2 atom stereocenters. The Balaban J connectivity index is 1.49. The van der Waals surface area contributed by atoms with Crippen molar-refractivity contribution >= 4 is 5.91 Å². The molecule has 4 rings (SSSR count). The van der Waals surface area contributed by atoms with E-state index in [2.05, 4.69) is 25.3 Å². The maximum atomic E-state index is 11.9. The molecule has 7 heteroatoms. The molecule has 1 aromatic rings. The smallest absolute Gasteiger partial charge is 0.219 e. The molecule has 0 N–H and O–H groups in total. The van der Waals surface area contributed by atoms with Crippen molar-refractivity contribution in [3.63, 3.8) is 0 Å². The van der Waals surface area contributed by atoms with E-state index >= 15 is 0 Å². The summed E-state index contributed by atoms with van der Waals surface area (Å²) >= 11 is 0. The van der Waals surface area contributed by atoms with Crippen LogP contribution in [0.3, 0.4) is 0 Å². The van der Waals surface area contributed by atoms with Gasteiger partial charge in [0.05, 0.1) is 12.6 Å². The maximum Gasteiger partial charge on any atom is 0.219 e. The molecule has 0 bridgehead atoms. The minimum absolute atomic E-state index is 0.220. The molecule has 2 saturated heterocycles. The largest absolute Gasteiger partial charge is 0.338 e. The molecule has 22 heavy (non-hydrogen) atoms. The van der Waals surface area contributed by atoms with Crippen molar-refractivity contribution < 1.29 is 4.79 Å². The zero-order valence-corrected chi connectivity index (χ0v) is 13.2. The summed E-state index contributed by atoms with van der Waals surface area (Å²) in [7, 11) is 0.